The van der Waals surface area contributed by atoms with Crippen molar-refractivity contribution in [2.45, 2.75) is 37.7 Å². The highest BCUT2D eigenvalue weighted by molar-refractivity contribution is 5.41. The first-order valence-electron chi connectivity index (χ1n) is 7.70. The van der Waals surface area contributed by atoms with Crippen LogP contribution in [0.1, 0.15) is 41.2 Å². The minimum absolute atomic E-state index is 0.357. The molecule has 1 aliphatic carbocycles. The molecule has 2 aromatic carbocycles. The summed E-state index contributed by atoms with van der Waals surface area (Å²) < 4.78 is 0. The van der Waals surface area contributed by atoms with Crippen LogP contribution in [0.3, 0.4) is 0 Å². The molecule has 3 N–H and O–H groups in total. The lowest BCUT2D eigenvalue weighted by molar-refractivity contribution is 0.0718. The van der Waals surface area contributed by atoms with Gasteiger partial charge in [-0.25, -0.2) is 0 Å². The molecule has 0 bridgehead atoms. The Bertz CT molecular complexity index is 620. The Morgan fingerprint density at radius 1 is 1.14 bits per heavy atom. The fourth-order valence-electron chi connectivity index (χ4n) is 3.63. The Morgan fingerprint density at radius 3 is 2.57 bits per heavy atom. The molecular weight excluding hydrogens is 258 g/mol. The summed E-state index contributed by atoms with van der Waals surface area (Å²) in [5, 5.41) is 11.1. The normalized spacial score (nSPS) is 22.6. The first kappa shape index (κ1) is 14.3. The van der Waals surface area contributed by atoms with Crippen molar-refractivity contribution in [3.05, 3.63) is 70.8 Å². The average molecular weight is 281 g/mol. The minimum Gasteiger partial charge on any atom is -0.387 e. The number of aryl methyl sites for hydroxylation is 2. The molecule has 110 valence electrons. The predicted octanol–water partition coefficient (Wildman–Crippen LogP) is 3.26. The smallest absolute Gasteiger partial charge is 0.0898 e. The number of aliphatic hydroxyl groups excluding tert-OH is 1. The van der Waals surface area contributed by atoms with E-state index in [2.05, 4.69) is 43.3 Å². The molecular formula is C19H23NO. The van der Waals surface area contributed by atoms with E-state index in [-0.39, 0.29) is 5.41 Å². The second-order valence-electron chi connectivity index (χ2n) is 6.18. The average Bonchev–Trinajstić information content (AvgIpc) is 2.54. The number of nitrogens with two attached hydrogens (primary N) is 1. The molecule has 0 aliphatic heterocycles. The van der Waals surface area contributed by atoms with Gasteiger partial charge in [-0.3, -0.25) is 0 Å². The molecule has 0 radical (unpaired) electrons. The van der Waals surface area contributed by atoms with Crippen molar-refractivity contribution in [3.63, 3.8) is 0 Å². The van der Waals surface area contributed by atoms with E-state index in [4.69, 9.17) is 5.73 Å². The summed E-state index contributed by atoms with van der Waals surface area (Å²) in [5.74, 6) is 0. The molecule has 1 aliphatic rings. The minimum atomic E-state index is -0.551. The van der Waals surface area contributed by atoms with Gasteiger partial charge >= 0.3 is 0 Å². The zero-order chi connectivity index (χ0) is 14.9. The summed E-state index contributed by atoms with van der Waals surface area (Å²) in [6.07, 6.45) is 2.55. The first-order valence-corrected chi connectivity index (χ1v) is 7.70. The maximum Gasteiger partial charge on any atom is 0.0898 e. The van der Waals surface area contributed by atoms with Crippen molar-refractivity contribution in [3.8, 4) is 0 Å². The monoisotopic (exact) mass is 281 g/mol. The summed E-state index contributed by atoms with van der Waals surface area (Å²) in [7, 11) is 0. The van der Waals surface area contributed by atoms with Gasteiger partial charge in [0.1, 0.15) is 0 Å². The van der Waals surface area contributed by atoms with Crippen LogP contribution in [0.2, 0.25) is 0 Å². The van der Waals surface area contributed by atoms with Gasteiger partial charge in [0.2, 0.25) is 0 Å². The van der Waals surface area contributed by atoms with Crippen molar-refractivity contribution in [2.24, 2.45) is 5.73 Å². The Morgan fingerprint density at radius 2 is 1.86 bits per heavy atom. The van der Waals surface area contributed by atoms with Crippen LogP contribution in [0.25, 0.3) is 0 Å². The molecule has 0 saturated heterocycles. The zero-order valence-electron chi connectivity index (χ0n) is 12.5. The van der Waals surface area contributed by atoms with Crippen LogP contribution in [-0.2, 0) is 11.8 Å². The molecule has 2 unspecified atom stereocenters. The molecule has 2 atom stereocenters. The Balaban J connectivity index is 2.07. The lowest BCUT2D eigenvalue weighted by Crippen LogP contribution is -2.43. The zero-order valence-corrected chi connectivity index (χ0v) is 12.5. The third-order valence-corrected chi connectivity index (χ3v) is 4.90. The number of aliphatic hydroxyl groups is 1. The van der Waals surface area contributed by atoms with Gasteiger partial charge in [0.15, 0.2) is 0 Å². The van der Waals surface area contributed by atoms with Crippen LogP contribution in [0.15, 0.2) is 48.5 Å². The fraction of sp³-hybridized carbons (Fsp3) is 0.368. The molecule has 0 fully saturated rings. The fourth-order valence-corrected chi connectivity index (χ4v) is 3.63. The molecule has 0 aromatic heterocycles. The predicted molar refractivity (Wildman–Crippen MR) is 86.3 cm³/mol. The van der Waals surface area contributed by atoms with Crippen LogP contribution < -0.4 is 5.73 Å². The number of hydrogen-bond donors (Lipinski definition) is 2. The van der Waals surface area contributed by atoms with Crippen molar-refractivity contribution < 1.29 is 5.11 Å². The molecule has 0 saturated carbocycles. The van der Waals surface area contributed by atoms with E-state index in [0.717, 1.165) is 24.8 Å². The third-order valence-electron chi connectivity index (χ3n) is 4.90. The Hall–Kier alpha value is -1.64. The van der Waals surface area contributed by atoms with Gasteiger partial charge in [-0.2, -0.15) is 0 Å². The van der Waals surface area contributed by atoms with Crippen molar-refractivity contribution in [1.82, 2.24) is 0 Å². The van der Waals surface area contributed by atoms with Gasteiger partial charge in [-0.05, 0) is 42.9 Å². The Kier molecular flexibility index (Phi) is 3.83. The molecule has 0 heterocycles. The quantitative estimate of drug-likeness (QED) is 0.907. The van der Waals surface area contributed by atoms with Gasteiger partial charge in [0.05, 0.1) is 6.10 Å². The van der Waals surface area contributed by atoms with Gasteiger partial charge < -0.3 is 10.8 Å². The summed E-state index contributed by atoms with van der Waals surface area (Å²) in [4.78, 5) is 0. The maximum absolute atomic E-state index is 11.1. The third kappa shape index (κ3) is 2.39. The highest BCUT2D eigenvalue weighted by Gasteiger charge is 2.42. The molecule has 0 amide bonds. The van der Waals surface area contributed by atoms with Gasteiger partial charge in [0.25, 0.3) is 0 Å². The van der Waals surface area contributed by atoms with Crippen molar-refractivity contribution in [2.75, 3.05) is 6.54 Å². The van der Waals surface area contributed by atoms with E-state index in [1.807, 2.05) is 12.1 Å². The van der Waals surface area contributed by atoms with Crippen LogP contribution >= 0.6 is 0 Å². The molecule has 0 spiro atoms. The molecule has 2 aromatic rings. The Labute approximate surface area is 126 Å². The van der Waals surface area contributed by atoms with Crippen molar-refractivity contribution in [1.29, 1.82) is 0 Å². The van der Waals surface area contributed by atoms with Gasteiger partial charge in [0, 0.05) is 12.0 Å². The molecule has 2 nitrogen and oxygen atoms in total. The van der Waals surface area contributed by atoms with E-state index < -0.39 is 6.10 Å². The highest BCUT2D eigenvalue weighted by atomic mass is 16.3. The first-order chi connectivity index (χ1) is 10.2. The van der Waals surface area contributed by atoms with E-state index in [0.29, 0.717) is 6.54 Å². The molecule has 21 heavy (non-hydrogen) atoms. The van der Waals surface area contributed by atoms with Crippen LogP contribution in [-0.4, -0.2) is 11.7 Å². The number of fused-ring (bicyclic) bond motifs is 1. The second-order valence-corrected chi connectivity index (χ2v) is 6.18. The largest absolute Gasteiger partial charge is 0.387 e. The topological polar surface area (TPSA) is 46.2 Å². The van der Waals surface area contributed by atoms with Gasteiger partial charge in [-0.1, -0.05) is 54.1 Å². The standard InChI is InChI=1S/C19H23NO/c1-14-8-10-16(11-9-14)18(21)19(13-20)12-4-6-15-5-2-3-7-17(15)19/h2-3,5,7-11,18,21H,4,6,12-13,20H2,1H3. The van der Waals surface area contributed by atoms with E-state index in [1.165, 1.54) is 16.7 Å². The number of benzene rings is 2. The summed E-state index contributed by atoms with van der Waals surface area (Å²) in [5.41, 5.74) is 10.5. The van der Waals surface area contributed by atoms with Crippen molar-refractivity contribution >= 4 is 0 Å². The van der Waals surface area contributed by atoms with Crippen LogP contribution in [0.5, 0.6) is 0 Å². The lowest BCUT2D eigenvalue weighted by atomic mass is 9.65. The SMILES string of the molecule is Cc1ccc(C(O)C2(CN)CCCc3ccccc32)cc1. The summed E-state index contributed by atoms with van der Waals surface area (Å²) in [6.45, 7) is 2.53. The van der Waals surface area contributed by atoms with E-state index >= 15 is 0 Å². The van der Waals surface area contributed by atoms with Crippen LogP contribution in [0, 0.1) is 6.92 Å². The van der Waals surface area contributed by atoms with E-state index in [1.54, 1.807) is 0 Å². The van der Waals surface area contributed by atoms with Crippen LogP contribution in [0.4, 0.5) is 0 Å². The summed E-state index contributed by atoms with van der Waals surface area (Å²) in [6, 6.07) is 16.6. The number of hydrogen-bond acceptors (Lipinski definition) is 2. The second kappa shape index (κ2) is 5.63. The lowest BCUT2D eigenvalue weighted by Gasteiger charge is -2.42. The maximum atomic E-state index is 11.1. The van der Waals surface area contributed by atoms with E-state index in [9.17, 15) is 5.11 Å². The van der Waals surface area contributed by atoms with Gasteiger partial charge in [-0.15, -0.1) is 0 Å². The summed E-state index contributed by atoms with van der Waals surface area (Å²) >= 11 is 0. The molecule has 3 rings (SSSR count). The molecule has 2 heteroatoms. The highest BCUT2D eigenvalue weighted by Crippen LogP contribution is 2.45. The number of rotatable bonds is 3.